The van der Waals surface area contributed by atoms with Crippen LogP contribution in [-0.4, -0.2) is 96.1 Å². The highest BCUT2D eigenvalue weighted by Crippen LogP contribution is 2.38. The summed E-state index contributed by atoms with van der Waals surface area (Å²) >= 11 is 0. The van der Waals surface area contributed by atoms with Crippen molar-refractivity contribution in [2.75, 3.05) is 65.6 Å². The molecule has 1 fully saturated rings. The van der Waals surface area contributed by atoms with E-state index in [4.69, 9.17) is 14.5 Å². The summed E-state index contributed by atoms with van der Waals surface area (Å²) in [6, 6.07) is 8.43. The highest BCUT2D eigenvalue weighted by Gasteiger charge is 2.43. The predicted octanol–water partition coefficient (Wildman–Crippen LogP) is 6.67. The molecule has 10 heteroatoms. The fraction of sp³-hybridized carbons (Fsp3) is 0.767. The van der Waals surface area contributed by atoms with Crippen molar-refractivity contribution in [1.82, 2.24) is 24.3 Å². The third kappa shape index (κ3) is 10.9. The van der Waals surface area contributed by atoms with E-state index in [1.54, 1.807) is 0 Å². The minimum Gasteiger partial charge on any atom is -0.363 e. The third-order valence-electron chi connectivity index (χ3n) is 8.09. The van der Waals surface area contributed by atoms with Gasteiger partial charge in [0.2, 0.25) is 0 Å². The van der Waals surface area contributed by atoms with E-state index in [1.807, 2.05) is 6.33 Å². The Morgan fingerprint density at radius 1 is 0.875 bits per heavy atom. The van der Waals surface area contributed by atoms with Crippen LogP contribution in [0.4, 0.5) is 0 Å². The fourth-order valence-electron chi connectivity index (χ4n) is 5.59. The number of aromatic nitrogens is 2. The number of hydrogen-bond donors (Lipinski definition) is 0. The van der Waals surface area contributed by atoms with E-state index in [2.05, 4.69) is 78.2 Å². The molecule has 0 saturated carbocycles. The molecule has 1 aliphatic heterocycles. The Labute approximate surface area is 262 Å². The number of nitrogens with zero attached hydrogens (tertiary/aromatic N) is 5. The minimum absolute atomic E-state index is 0. The van der Waals surface area contributed by atoms with E-state index in [0.717, 1.165) is 102 Å². The molecule has 234 valence electrons. The number of piperidine rings is 1. The van der Waals surface area contributed by atoms with Crippen molar-refractivity contribution < 1.29 is 9.47 Å². The van der Waals surface area contributed by atoms with Gasteiger partial charge in [-0.3, -0.25) is 4.90 Å². The first-order valence-electron chi connectivity index (χ1n) is 15.0. The number of halogens is 3. The van der Waals surface area contributed by atoms with Crippen molar-refractivity contribution in [2.45, 2.75) is 85.1 Å². The van der Waals surface area contributed by atoms with Crippen LogP contribution in [0.2, 0.25) is 0 Å². The van der Waals surface area contributed by atoms with Gasteiger partial charge in [0.25, 0.3) is 0 Å². The molecule has 1 aromatic carbocycles. The van der Waals surface area contributed by atoms with Crippen LogP contribution >= 0.6 is 37.2 Å². The molecule has 0 radical (unpaired) electrons. The Balaban J connectivity index is 0.00000507. The number of fused-ring (bicyclic) bond motifs is 1. The Morgan fingerprint density at radius 3 is 2.12 bits per heavy atom. The van der Waals surface area contributed by atoms with Crippen LogP contribution in [0, 0.1) is 0 Å². The summed E-state index contributed by atoms with van der Waals surface area (Å²) in [5.41, 5.74) is 1.73. The maximum Gasteiger partial charge on any atom is 0.151 e. The zero-order valence-electron chi connectivity index (χ0n) is 25.6. The average Bonchev–Trinajstić information content (AvgIpc) is 3.38. The molecule has 1 aliphatic rings. The second kappa shape index (κ2) is 21.1. The van der Waals surface area contributed by atoms with Gasteiger partial charge in [0, 0.05) is 45.6 Å². The highest BCUT2D eigenvalue weighted by atomic mass is 35.5. The molecule has 0 amide bonds. The van der Waals surface area contributed by atoms with Gasteiger partial charge in [-0.25, -0.2) is 4.98 Å². The number of unbranched alkanes of at least 4 members (excludes halogenated alkanes) is 1. The van der Waals surface area contributed by atoms with Gasteiger partial charge in [0.1, 0.15) is 6.23 Å². The molecule has 0 aliphatic carbocycles. The molecule has 7 nitrogen and oxygen atoms in total. The van der Waals surface area contributed by atoms with Crippen LogP contribution in [0.1, 0.15) is 73.1 Å². The molecule has 1 saturated heterocycles. The second-order valence-corrected chi connectivity index (χ2v) is 10.3. The summed E-state index contributed by atoms with van der Waals surface area (Å²) in [5, 5.41) is 0. The Bertz CT molecular complexity index is 897. The van der Waals surface area contributed by atoms with Gasteiger partial charge in [-0.1, -0.05) is 53.2 Å². The predicted molar refractivity (Wildman–Crippen MR) is 176 cm³/mol. The molecule has 3 rings (SSSR count). The van der Waals surface area contributed by atoms with Crippen LogP contribution in [0.3, 0.4) is 0 Å². The van der Waals surface area contributed by atoms with Crippen molar-refractivity contribution in [3.8, 4) is 0 Å². The topological polar surface area (TPSA) is 46.0 Å². The lowest BCUT2D eigenvalue weighted by molar-refractivity contribution is -0.202. The monoisotopic (exact) mass is 623 g/mol. The van der Waals surface area contributed by atoms with E-state index < -0.39 is 5.72 Å². The van der Waals surface area contributed by atoms with E-state index in [0.29, 0.717) is 0 Å². The van der Waals surface area contributed by atoms with E-state index in [9.17, 15) is 0 Å². The molecule has 0 spiro atoms. The summed E-state index contributed by atoms with van der Waals surface area (Å²) in [4.78, 5) is 12.2. The molecule has 1 aromatic heterocycles. The van der Waals surface area contributed by atoms with E-state index >= 15 is 0 Å². The summed E-state index contributed by atoms with van der Waals surface area (Å²) in [6.07, 6.45) is 8.32. The molecule has 0 bridgehead atoms. The van der Waals surface area contributed by atoms with Crippen molar-refractivity contribution in [1.29, 1.82) is 0 Å². The Kier molecular flexibility index (Phi) is 20.8. The molecular weight excluding hydrogens is 569 g/mol. The lowest BCUT2D eigenvalue weighted by atomic mass is 9.97. The maximum atomic E-state index is 6.91. The number of hydrogen-bond acceptors (Lipinski definition) is 6. The summed E-state index contributed by atoms with van der Waals surface area (Å²) in [6.45, 7) is 21.3. The van der Waals surface area contributed by atoms with Crippen LogP contribution in [0.5, 0.6) is 0 Å². The van der Waals surface area contributed by atoms with Crippen LogP contribution in [-0.2, 0) is 15.2 Å². The fourth-order valence-corrected chi connectivity index (χ4v) is 5.59. The summed E-state index contributed by atoms with van der Waals surface area (Å²) in [7, 11) is 0. The van der Waals surface area contributed by atoms with Crippen molar-refractivity contribution >= 4 is 48.3 Å². The smallest absolute Gasteiger partial charge is 0.151 e. The Hall–Kier alpha value is -0.640. The SMILES string of the molecule is CCCCN1CCC(OCCCN(CC)CC)(n2cnc3ccccc32)CC1OCCCN(CC)CC.Cl.Cl.Cl. The number of likely N-dealkylation sites (tertiary alicyclic amines) is 1. The first kappa shape index (κ1) is 39.4. The van der Waals surface area contributed by atoms with Gasteiger partial charge >= 0.3 is 0 Å². The second-order valence-electron chi connectivity index (χ2n) is 10.3. The first-order chi connectivity index (χ1) is 18.1. The molecular formula is C30H56Cl3N5O2. The quantitative estimate of drug-likeness (QED) is 0.173. The summed E-state index contributed by atoms with van der Waals surface area (Å²) < 4.78 is 15.9. The van der Waals surface area contributed by atoms with Crippen LogP contribution < -0.4 is 0 Å². The van der Waals surface area contributed by atoms with Crippen molar-refractivity contribution in [3.05, 3.63) is 30.6 Å². The molecule has 2 heterocycles. The first-order valence-corrected chi connectivity index (χ1v) is 15.0. The van der Waals surface area contributed by atoms with E-state index in [-0.39, 0.29) is 43.4 Å². The van der Waals surface area contributed by atoms with Crippen molar-refractivity contribution in [3.63, 3.8) is 0 Å². The molecule has 0 N–H and O–H groups in total. The van der Waals surface area contributed by atoms with Crippen LogP contribution in [0.15, 0.2) is 30.6 Å². The number of rotatable bonds is 18. The normalized spacial score (nSPS) is 19.4. The van der Waals surface area contributed by atoms with Gasteiger partial charge < -0.3 is 23.8 Å². The van der Waals surface area contributed by atoms with E-state index in [1.165, 1.54) is 12.8 Å². The van der Waals surface area contributed by atoms with Gasteiger partial charge in [0.15, 0.2) is 5.72 Å². The maximum absolute atomic E-state index is 6.91. The standard InChI is InChI=1S/C30H53N5O2.3ClH/c1-6-11-21-34-22-18-30(37-24-15-20-33(9-4)10-5,35-26-31-27-16-12-13-17-28(27)35)25-29(34)36-23-14-19-32(7-2)8-3;;;/h12-13,16-17,26,29H,6-11,14-15,18-25H2,1-5H3;3*1H. The van der Waals surface area contributed by atoms with Gasteiger partial charge in [-0.2, -0.15) is 0 Å². The van der Waals surface area contributed by atoms with Crippen molar-refractivity contribution in [2.24, 2.45) is 0 Å². The van der Waals surface area contributed by atoms with Gasteiger partial charge in [0.05, 0.1) is 24.0 Å². The molecule has 2 aromatic rings. The zero-order valence-corrected chi connectivity index (χ0v) is 28.0. The number of benzene rings is 1. The van der Waals surface area contributed by atoms with Gasteiger partial charge in [-0.15, -0.1) is 37.2 Å². The zero-order chi connectivity index (χ0) is 26.5. The highest BCUT2D eigenvalue weighted by molar-refractivity contribution is 5.86. The number of ether oxygens (including phenoxy) is 2. The molecule has 2 unspecified atom stereocenters. The molecule has 40 heavy (non-hydrogen) atoms. The largest absolute Gasteiger partial charge is 0.363 e. The van der Waals surface area contributed by atoms with Gasteiger partial charge in [-0.05, 0) is 57.6 Å². The molecule has 2 atom stereocenters. The lowest BCUT2D eigenvalue weighted by Gasteiger charge is -2.47. The summed E-state index contributed by atoms with van der Waals surface area (Å²) in [5.74, 6) is 0. The van der Waals surface area contributed by atoms with Crippen LogP contribution in [0.25, 0.3) is 11.0 Å². The number of imidazole rings is 1. The minimum atomic E-state index is -0.439. The average molecular weight is 625 g/mol. The number of para-hydroxylation sites is 2. The lowest BCUT2D eigenvalue weighted by Crippen LogP contribution is -2.54. The Morgan fingerprint density at radius 2 is 1.50 bits per heavy atom. The third-order valence-corrected chi connectivity index (χ3v) is 8.09.